The molecule has 0 bridgehead atoms. The van der Waals surface area contributed by atoms with Gasteiger partial charge in [-0.1, -0.05) is 0 Å². The molecule has 8 heteroatoms. The first-order valence-corrected chi connectivity index (χ1v) is 7.70. The molecule has 1 fully saturated rings. The summed E-state index contributed by atoms with van der Waals surface area (Å²) >= 11 is 0. The number of hydrogen-bond donors (Lipinski definition) is 2. The lowest BCUT2D eigenvalue weighted by molar-refractivity contribution is -0.00329. The molecule has 24 heavy (non-hydrogen) atoms. The molecule has 3 rings (SSSR count). The van der Waals surface area contributed by atoms with E-state index in [1.165, 1.54) is 7.11 Å². The van der Waals surface area contributed by atoms with Crippen LogP contribution >= 0.6 is 0 Å². The van der Waals surface area contributed by atoms with Gasteiger partial charge in [0.15, 0.2) is 0 Å². The highest BCUT2D eigenvalue weighted by atomic mass is 16.5. The van der Waals surface area contributed by atoms with Crippen LogP contribution in [0, 0.1) is 13.8 Å². The normalized spacial score (nSPS) is 17.8. The van der Waals surface area contributed by atoms with Crippen molar-refractivity contribution in [3.05, 3.63) is 40.5 Å². The number of H-pyrrole nitrogens is 2. The molecule has 0 aromatic carbocycles. The largest absolute Gasteiger partial charge is 0.464 e. The first kappa shape index (κ1) is 16.3. The third kappa shape index (κ3) is 2.80. The fraction of sp³-hybridized carbons (Fsp3) is 0.438. The second-order valence-corrected chi connectivity index (χ2v) is 5.71. The van der Waals surface area contributed by atoms with E-state index in [0.29, 0.717) is 25.5 Å². The standard InChI is InChI=1S/C16H20N4O4/c1-9-14(10(2)19-18-9)13-8-24-7-6-20(13)15(21)11-4-5-12(17-11)16(22)23-3/h4-5,13,17H,6-8H2,1-3H3,(H,18,19). The van der Waals surface area contributed by atoms with Gasteiger partial charge < -0.3 is 19.4 Å². The van der Waals surface area contributed by atoms with Crippen molar-refractivity contribution in [1.29, 1.82) is 0 Å². The van der Waals surface area contributed by atoms with Crippen molar-refractivity contribution in [2.24, 2.45) is 0 Å². The third-order valence-corrected chi connectivity index (χ3v) is 4.23. The van der Waals surface area contributed by atoms with Crippen LogP contribution in [0.1, 0.15) is 44.0 Å². The Morgan fingerprint density at radius 3 is 2.75 bits per heavy atom. The Morgan fingerprint density at radius 1 is 1.33 bits per heavy atom. The number of aromatic amines is 2. The molecule has 2 aromatic rings. The molecule has 1 atom stereocenters. The minimum atomic E-state index is -0.505. The number of amides is 1. The molecular formula is C16H20N4O4. The first-order valence-electron chi connectivity index (χ1n) is 7.70. The van der Waals surface area contributed by atoms with E-state index in [9.17, 15) is 9.59 Å². The van der Waals surface area contributed by atoms with Crippen LogP contribution in [0.25, 0.3) is 0 Å². The number of carbonyl (C=O) groups is 2. The van der Waals surface area contributed by atoms with Crippen LogP contribution in [0.4, 0.5) is 0 Å². The molecular weight excluding hydrogens is 312 g/mol. The van der Waals surface area contributed by atoms with Gasteiger partial charge in [-0.15, -0.1) is 0 Å². The highest BCUT2D eigenvalue weighted by molar-refractivity contribution is 5.95. The number of ether oxygens (including phenoxy) is 2. The average molecular weight is 332 g/mol. The highest BCUT2D eigenvalue weighted by Gasteiger charge is 2.33. The summed E-state index contributed by atoms with van der Waals surface area (Å²) in [4.78, 5) is 29.0. The van der Waals surface area contributed by atoms with Gasteiger partial charge in [0.1, 0.15) is 11.4 Å². The van der Waals surface area contributed by atoms with Crippen molar-refractivity contribution in [2.75, 3.05) is 26.9 Å². The first-order chi connectivity index (χ1) is 11.5. The lowest BCUT2D eigenvalue weighted by Crippen LogP contribution is -2.44. The number of rotatable bonds is 3. The fourth-order valence-electron chi connectivity index (χ4n) is 3.04. The van der Waals surface area contributed by atoms with Crippen molar-refractivity contribution in [1.82, 2.24) is 20.1 Å². The molecule has 1 amide bonds. The topological polar surface area (TPSA) is 100 Å². The van der Waals surface area contributed by atoms with Crippen LogP contribution in [0.3, 0.4) is 0 Å². The number of morpholine rings is 1. The average Bonchev–Trinajstić information content (AvgIpc) is 3.21. The number of esters is 1. The molecule has 8 nitrogen and oxygen atoms in total. The summed E-state index contributed by atoms with van der Waals surface area (Å²) in [6.07, 6.45) is 0. The van der Waals surface area contributed by atoms with Gasteiger partial charge in [-0.2, -0.15) is 5.10 Å². The maximum Gasteiger partial charge on any atom is 0.354 e. The molecule has 128 valence electrons. The quantitative estimate of drug-likeness (QED) is 0.827. The Kier molecular flexibility index (Phi) is 4.39. The van der Waals surface area contributed by atoms with Crippen LogP contribution in [-0.2, 0) is 9.47 Å². The Morgan fingerprint density at radius 2 is 2.08 bits per heavy atom. The lowest BCUT2D eigenvalue weighted by atomic mass is 10.0. The number of nitrogens with zero attached hydrogens (tertiary/aromatic N) is 2. The zero-order valence-electron chi connectivity index (χ0n) is 13.9. The van der Waals surface area contributed by atoms with Crippen LogP contribution in [0.2, 0.25) is 0 Å². The number of methoxy groups -OCH3 is 1. The minimum Gasteiger partial charge on any atom is -0.464 e. The maximum absolute atomic E-state index is 12.9. The fourth-order valence-corrected chi connectivity index (χ4v) is 3.04. The van der Waals surface area contributed by atoms with Crippen molar-refractivity contribution in [2.45, 2.75) is 19.9 Å². The van der Waals surface area contributed by atoms with Crippen LogP contribution < -0.4 is 0 Å². The molecule has 0 saturated carbocycles. The van der Waals surface area contributed by atoms with Gasteiger partial charge in [0.05, 0.1) is 32.1 Å². The molecule has 2 aromatic heterocycles. The highest BCUT2D eigenvalue weighted by Crippen LogP contribution is 2.29. The number of aryl methyl sites for hydroxylation is 2. The Hall–Kier alpha value is -2.61. The van der Waals surface area contributed by atoms with Crippen LogP contribution in [0.5, 0.6) is 0 Å². The summed E-state index contributed by atoms with van der Waals surface area (Å²) in [6, 6.07) is 2.92. The van der Waals surface area contributed by atoms with E-state index < -0.39 is 5.97 Å². The number of carbonyl (C=O) groups excluding carboxylic acids is 2. The summed E-state index contributed by atoms with van der Waals surface area (Å²) < 4.78 is 10.2. The van der Waals surface area contributed by atoms with Crippen molar-refractivity contribution in [3.8, 4) is 0 Å². The van der Waals surface area contributed by atoms with Crippen molar-refractivity contribution >= 4 is 11.9 Å². The zero-order chi connectivity index (χ0) is 17.3. The summed E-state index contributed by atoms with van der Waals surface area (Å²) in [7, 11) is 1.30. The SMILES string of the molecule is COC(=O)c1ccc(C(=O)N2CCOCC2c2c(C)n[nH]c2C)[nH]1. The molecule has 0 radical (unpaired) electrons. The minimum absolute atomic E-state index is 0.182. The van der Waals surface area contributed by atoms with Crippen LogP contribution in [0.15, 0.2) is 12.1 Å². The molecule has 1 saturated heterocycles. The van der Waals surface area contributed by atoms with Gasteiger partial charge in [-0.25, -0.2) is 4.79 Å². The van der Waals surface area contributed by atoms with E-state index in [-0.39, 0.29) is 17.6 Å². The van der Waals surface area contributed by atoms with Gasteiger partial charge in [0.25, 0.3) is 5.91 Å². The molecule has 3 heterocycles. The number of aromatic nitrogens is 3. The molecule has 0 spiro atoms. The number of hydrogen-bond acceptors (Lipinski definition) is 5. The van der Waals surface area contributed by atoms with E-state index in [0.717, 1.165) is 17.0 Å². The summed E-state index contributed by atoms with van der Waals surface area (Å²) in [5, 5.41) is 7.16. The van der Waals surface area contributed by atoms with Gasteiger partial charge in [0, 0.05) is 17.8 Å². The molecule has 2 N–H and O–H groups in total. The monoisotopic (exact) mass is 332 g/mol. The van der Waals surface area contributed by atoms with Gasteiger partial charge in [-0.3, -0.25) is 9.89 Å². The summed E-state index contributed by atoms with van der Waals surface area (Å²) in [5.74, 6) is -0.687. The molecule has 1 aliphatic rings. The van der Waals surface area contributed by atoms with Gasteiger partial charge in [0.2, 0.25) is 0 Å². The second kappa shape index (κ2) is 6.48. The molecule has 1 unspecified atom stereocenters. The van der Waals surface area contributed by atoms with Crippen LogP contribution in [-0.4, -0.2) is 58.8 Å². The molecule has 1 aliphatic heterocycles. The second-order valence-electron chi connectivity index (χ2n) is 5.71. The summed E-state index contributed by atoms with van der Waals surface area (Å²) in [5.41, 5.74) is 3.34. The van der Waals surface area contributed by atoms with E-state index in [4.69, 9.17) is 4.74 Å². The lowest BCUT2D eigenvalue weighted by Gasteiger charge is -2.35. The van der Waals surface area contributed by atoms with Crippen molar-refractivity contribution in [3.63, 3.8) is 0 Å². The van der Waals surface area contributed by atoms with E-state index in [1.54, 1.807) is 17.0 Å². The smallest absolute Gasteiger partial charge is 0.354 e. The Bertz CT molecular complexity index is 744. The van der Waals surface area contributed by atoms with Gasteiger partial charge >= 0.3 is 5.97 Å². The third-order valence-electron chi connectivity index (χ3n) is 4.23. The summed E-state index contributed by atoms with van der Waals surface area (Å²) in [6.45, 7) is 5.19. The van der Waals surface area contributed by atoms with E-state index in [2.05, 4.69) is 19.9 Å². The van der Waals surface area contributed by atoms with E-state index in [1.807, 2.05) is 13.8 Å². The predicted molar refractivity (Wildman–Crippen MR) is 84.8 cm³/mol. The zero-order valence-corrected chi connectivity index (χ0v) is 13.9. The Balaban J connectivity index is 1.89. The molecule has 0 aliphatic carbocycles. The maximum atomic E-state index is 12.9. The van der Waals surface area contributed by atoms with Gasteiger partial charge in [-0.05, 0) is 26.0 Å². The number of nitrogens with one attached hydrogen (secondary N) is 2. The predicted octanol–water partition coefficient (Wildman–Crippen LogP) is 1.35. The Labute approximate surface area is 139 Å². The van der Waals surface area contributed by atoms with E-state index >= 15 is 0 Å². The van der Waals surface area contributed by atoms with Crippen molar-refractivity contribution < 1.29 is 19.1 Å².